The van der Waals surface area contributed by atoms with Crippen LogP contribution in [0.1, 0.15) is 50.2 Å². The van der Waals surface area contributed by atoms with Crippen LogP contribution in [-0.2, 0) is 20.8 Å². The molecule has 1 N–H and O–H groups in total. The monoisotopic (exact) mass is 342 g/mol. The summed E-state index contributed by atoms with van der Waals surface area (Å²) in [5.41, 5.74) is 2.96. The zero-order valence-corrected chi connectivity index (χ0v) is 15.0. The molecule has 2 fully saturated rings. The van der Waals surface area contributed by atoms with Crippen LogP contribution in [0.2, 0.25) is 0 Å². The van der Waals surface area contributed by atoms with Gasteiger partial charge in [0.15, 0.2) is 0 Å². The van der Waals surface area contributed by atoms with Crippen molar-refractivity contribution in [2.45, 2.75) is 52.4 Å². The zero-order valence-electron chi connectivity index (χ0n) is 15.0. The molecule has 0 bridgehead atoms. The van der Waals surface area contributed by atoms with Crippen molar-refractivity contribution in [2.24, 2.45) is 11.8 Å². The number of carbonyl (C=O) groups excluding carboxylic acids is 3. The number of anilines is 1. The third-order valence-electron chi connectivity index (χ3n) is 5.50. The standard InChI is InChI=1S/C20H26N2O3/c1-3-14-8-6-7-13(2)18(14)21-17(23)11-12-22-19(24)15-9-4-5-10-16(15)20(22)25/h6-8,15-16H,3-5,9-12H2,1-2H3,(H,21,23). The van der Waals surface area contributed by atoms with E-state index in [0.29, 0.717) is 0 Å². The number of carbonyl (C=O) groups is 3. The molecule has 2 atom stereocenters. The number of benzene rings is 1. The Balaban J connectivity index is 1.61. The van der Waals surface area contributed by atoms with Crippen molar-refractivity contribution in [3.8, 4) is 0 Å². The van der Waals surface area contributed by atoms with Crippen LogP contribution in [0.5, 0.6) is 0 Å². The fourth-order valence-corrected chi connectivity index (χ4v) is 4.07. The first-order valence-electron chi connectivity index (χ1n) is 9.26. The van der Waals surface area contributed by atoms with E-state index in [0.717, 1.165) is 48.9 Å². The number of likely N-dealkylation sites (tertiary alicyclic amines) is 1. The highest BCUT2D eigenvalue weighted by Gasteiger charge is 2.47. The van der Waals surface area contributed by atoms with Gasteiger partial charge in [-0.15, -0.1) is 0 Å². The van der Waals surface area contributed by atoms with Gasteiger partial charge in [-0.1, -0.05) is 38.0 Å². The maximum absolute atomic E-state index is 12.4. The minimum absolute atomic E-state index is 0.0763. The Hall–Kier alpha value is -2.17. The molecule has 1 saturated heterocycles. The van der Waals surface area contributed by atoms with Crippen molar-refractivity contribution >= 4 is 23.4 Å². The van der Waals surface area contributed by atoms with Crippen LogP contribution in [0, 0.1) is 18.8 Å². The highest BCUT2D eigenvalue weighted by molar-refractivity contribution is 6.05. The maximum atomic E-state index is 12.4. The number of rotatable bonds is 5. The summed E-state index contributed by atoms with van der Waals surface area (Å²) < 4.78 is 0. The first kappa shape index (κ1) is 17.6. The van der Waals surface area contributed by atoms with Gasteiger partial charge in [0.2, 0.25) is 17.7 Å². The number of para-hydroxylation sites is 1. The minimum Gasteiger partial charge on any atom is -0.326 e. The topological polar surface area (TPSA) is 66.5 Å². The van der Waals surface area contributed by atoms with E-state index in [9.17, 15) is 14.4 Å². The summed E-state index contributed by atoms with van der Waals surface area (Å²) in [6, 6.07) is 5.95. The molecule has 1 saturated carbocycles. The van der Waals surface area contributed by atoms with Crippen molar-refractivity contribution in [1.29, 1.82) is 0 Å². The molecule has 1 aliphatic heterocycles. The molecule has 5 heteroatoms. The van der Waals surface area contributed by atoms with Crippen molar-refractivity contribution < 1.29 is 14.4 Å². The summed E-state index contributed by atoms with van der Waals surface area (Å²) in [4.78, 5) is 38.6. The third-order valence-corrected chi connectivity index (χ3v) is 5.50. The summed E-state index contributed by atoms with van der Waals surface area (Å²) in [7, 11) is 0. The van der Waals surface area contributed by atoms with E-state index in [-0.39, 0.29) is 42.5 Å². The molecular formula is C20H26N2O3. The van der Waals surface area contributed by atoms with E-state index in [1.807, 2.05) is 32.0 Å². The summed E-state index contributed by atoms with van der Waals surface area (Å²) in [5.74, 6) is -0.598. The maximum Gasteiger partial charge on any atom is 0.233 e. The molecule has 1 aliphatic carbocycles. The zero-order chi connectivity index (χ0) is 18.0. The van der Waals surface area contributed by atoms with Crippen molar-refractivity contribution in [2.75, 3.05) is 11.9 Å². The summed E-state index contributed by atoms with van der Waals surface area (Å²) in [6.45, 7) is 4.20. The van der Waals surface area contributed by atoms with Crippen LogP contribution in [0.15, 0.2) is 18.2 Å². The molecule has 3 amide bonds. The first-order valence-corrected chi connectivity index (χ1v) is 9.26. The number of hydrogen-bond donors (Lipinski definition) is 1. The minimum atomic E-state index is -0.153. The number of nitrogens with one attached hydrogen (secondary N) is 1. The molecule has 25 heavy (non-hydrogen) atoms. The van der Waals surface area contributed by atoms with Gasteiger partial charge in [-0.25, -0.2) is 0 Å². The molecule has 0 aromatic heterocycles. The lowest BCUT2D eigenvalue weighted by molar-refractivity contribution is -0.140. The van der Waals surface area contributed by atoms with Gasteiger partial charge >= 0.3 is 0 Å². The Morgan fingerprint density at radius 2 is 1.80 bits per heavy atom. The van der Waals surface area contributed by atoms with Crippen LogP contribution in [0.25, 0.3) is 0 Å². The van der Waals surface area contributed by atoms with Crippen LogP contribution < -0.4 is 5.32 Å². The molecule has 0 spiro atoms. The SMILES string of the molecule is CCc1cccc(C)c1NC(=O)CCN1C(=O)C2CCCCC2C1=O. The Morgan fingerprint density at radius 3 is 2.40 bits per heavy atom. The number of nitrogens with zero attached hydrogens (tertiary/aromatic N) is 1. The lowest BCUT2D eigenvalue weighted by Gasteiger charge is -2.19. The summed E-state index contributed by atoms with van der Waals surface area (Å²) in [5, 5.41) is 2.96. The second-order valence-electron chi connectivity index (χ2n) is 7.09. The highest BCUT2D eigenvalue weighted by atomic mass is 16.2. The second kappa shape index (κ2) is 7.38. The molecule has 0 radical (unpaired) electrons. The van der Waals surface area contributed by atoms with Crippen molar-refractivity contribution in [1.82, 2.24) is 4.90 Å². The van der Waals surface area contributed by atoms with Crippen LogP contribution in [0.3, 0.4) is 0 Å². The molecule has 2 aliphatic rings. The number of imide groups is 1. The number of aryl methyl sites for hydroxylation is 2. The van der Waals surface area contributed by atoms with Gasteiger partial charge in [0.05, 0.1) is 11.8 Å². The summed E-state index contributed by atoms with van der Waals surface area (Å²) in [6.07, 6.45) is 4.63. The van der Waals surface area contributed by atoms with Gasteiger partial charge in [0.1, 0.15) is 0 Å². The van der Waals surface area contributed by atoms with Gasteiger partial charge in [0, 0.05) is 18.7 Å². The lowest BCUT2D eigenvalue weighted by Crippen LogP contribution is -2.34. The van der Waals surface area contributed by atoms with E-state index in [1.54, 1.807) is 0 Å². The van der Waals surface area contributed by atoms with Crippen molar-refractivity contribution in [3.63, 3.8) is 0 Å². The van der Waals surface area contributed by atoms with Crippen LogP contribution in [-0.4, -0.2) is 29.2 Å². The fraction of sp³-hybridized carbons (Fsp3) is 0.550. The smallest absolute Gasteiger partial charge is 0.233 e. The lowest BCUT2D eigenvalue weighted by atomic mass is 9.81. The van der Waals surface area contributed by atoms with Gasteiger partial charge in [-0.05, 0) is 37.3 Å². The molecule has 1 heterocycles. The van der Waals surface area contributed by atoms with Crippen LogP contribution in [0.4, 0.5) is 5.69 Å². The molecule has 2 unspecified atom stereocenters. The summed E-state index contributed by atoms with van der Waals surface area (Å²) >= 11 is 0. The van der Waals surface area contributed by atoms with E-state index >= 15 is 0 Å². The largest absolute Gasteiger partial charge is 0.326 e. The predicted octanol–water partition coefficient (Wildman–Crippen LogP) is 3.06. The molecule has 5 nitrogen and oxygen atoms in total. The molecule has 1 aromatic carbocycles. The average Bonchev–Trinajstić information content (AvgIpc) is 2.86. The predicted molar refractivity (Wildman–Crippen MR) is 96.0 cm³/mol. The second-order valence-corrected chi connectivity index (χ2v) is 7.09. The average molecular weight is 342 g/mol. The Kier molecular flexibility index (Phi) is 5.21. The number of amides is 3. The van der Waals surface area contributed by atoms with E-state index in [2.05, 4.69) is 5.32 Å². The van der Waals surface area contributed by atoms with Gasteiger partial charge in [-0.2, -0.15) is 0 Å². The highest BCUT2D eigenvalue weighted by Crippen LogP contribution is 2.38. The van der Waals surface area contributed by atoms with E-state index in [4.69, 9.17) is 0 Å². The molecular weight excluding hydrogens is 316 g/mol. The van der Waals surface area contributed by atoms with E-state index < -0.39 is 0 Å². The molecule has 1 aromatic rings. The fourth-order valence-electron chi connectivity index (χ4n) is 4.07. The quantitative estimate of drug-likeness (QED) is 0.836. The first-order chi connectivity index (χ1) is 12.0. The Labute approximate surface area is 148 Å². The normalized spacial score (nSPS) is 22.9. The van der Waals surface area contributed by atoms with E-state index in [1.165, 1.54) is 4.90 Å². The number of hydrogen-bond acceptors (Lipinski definition) is 3. The Morgan fingerprint density at radius 1 is 1.16 bits per heavy atom. The van der Waals surface area contributed by atoms with Gasteiger partial charge in [0.25, 0.3) is 0 Å². The molecule has 134 valence electrons. The number of fused-ring (bicyclic) bond motifs is 1. The van der Waals surface area contributed by atoms with Gasteiger partial charge in [-0.3, -0.25) is 19.3 Å². The van der Waals surface area contributed by atoms with Crippen LogP contribution >= 0.6 is 0 Å². The van der Waals surface area contributed by atoms with Crippen molar-refractivity contribution in [3.05, 3.63) is 29.3 Å². The third kappa shape index (κ3) is 3.46. The molecule has 3 rings (SSSR count). The Bertz CT molecular complexity index is 674. The van der Waals surface area contributed by atoms with Gasteiger partial charge < -0.3 is 5.32 Å².